The molecule has 0 bridgehead atoms. The SMILES string of the molecule is CC(C)c1cccc(NC(=O)CN2C(=O)NC(C)(c3ccsc3)C2=O)c1. The van der Waals surface area contributed by atoms with Gasteiger partial charge in [0.05, 0.1) is 0 Å². The molecule has 1 aliphatic rings. The van der Waals surface area contributed by atoms with Gasteiger partial charge in [-0.15, -0.1) is 0 Å². The molecule has 26 heavy (non-hydrogen) atoms. The maximum atomic E-state index is 12.7. The van der Waals surface area contributed by atoms with E-state index in [1.165, 1.54) is 11.3 Å². The topological polar surface area (TPSA) is 78.5 Å². The smallest absolute Gasteiger partial charge is 0.325 e. The molecule has 4 amide bonds. The average Bonchev–Trinajstić information content (AvgIpc) is 3.20. The van der Waals surface area contributed by atoms with E-state index in [1.54, 1.807) is 19.1 Å². The molecule has 1 aliphatic heterocycles. The van der Waals surface area contributed by atoms with Crippen molar-refractivity contribution in [2.75, 3.05) is 11.9 Å². The van der Waals surface area contributed by atoms with Crippen molar-refractivity contribution in [2.24, 2.45) is 0 Å². The Hall–Kier alpha value is -2.67. The predicted octanol–water partition coefficient (Wildman–Crippen LogP) is 3.28. The maximum Gasteiger partial charge on any atom is 0.325 e. The summed E-state index contributed by atoms with van der Waals surface area (Å²) in [4.78, 5) is 38.3. The van der Waals surface area contributed by atoms with Gasteiger partial charge in [-0.25, -0.2) is 4.79 Å². The number of nitrogens with zero attached hydrogens (tertiary/aromatic N) is 1. The van der Waals surface area contributed by atoms with Crippen molar-refractivity contribution in [2.45, 2.75) is 32.2 Å². The number of hydrogen-bond donors (Lipinski definition) is 2. The highest BCUT2D eigenvalue weighted by Crippen LogP contribution is 2.30. The highest BCUT2D eigenvalue weighted by molar-refractivity contribution is 7.08. The molecule has 1 unspecified atom stereocenters. The van der Waals surface area contributed by atoms with Crippen molar-refractivity contribution in [3.05, 3.63) is 52.2 Å². The van der Waals surface area contributed by atoms with Gasteiger partial charge in [-0.05, 0) is 52.9 Å². The summed E-state index contributed by atoms with van der Waals surface area (Å²) in [6.07, 6.45) is 0. The summed E-state index contributed by atoms with van der Waals surface area (Å²) in [6.45, 7) is 5.47. The van der Waals surface area contributed by atoms with Gasteiger partial charge in [0.25, 0.3) is 5.91 Å². The number of hydrogen-bond acceptors (Lipinski definition) is 4. The van der Waals surface area contributed by atoms with E-state index in [4.69, 9.17) is 0 Å². The van der Waals surface area contributed by atoms with Gasteiger partial charge in [0.15, 0.2) is 0 Å². The van der Waals surface area contributed by atoms with Crippen LogP contribution >= 0.6 is 11.3 Å². The second-order valence-corrected chi connectivity index (χ2v) is 7.57. The molecule has 1 aromatic carbocycles. The van der Waals surface area contributed by atoms with Crippen LogP contribution < -0.4 is 10.6 Å². The van der Waals surface area contributed by atoms with E-state index in [1.807, 2.05) is 29.0 Å². The Morgan fingerprint density at radius 1 is 1.31 bits per heavy atom. The largest absolute Gasteiger partial charge is 0.325 e. The Bertz CT molecular complexity index is 847. The average molecular weight is 371 g/mol. The third kappa shape index (κ3) is 3.35. The van der Waals surface area contributed by atoms with E-state index in [-0.39, 0.29) is 6.54 Å². The maximum absolute atomic E-state index is 12.7. The number of urea groups is 1. The molecule has 0 radical (unpaired) electrons. The number of imide groups is 1. The third-order valence-corrected chi connectivity index (χ3v) is 5.20. The lowest BCUT2D eigenvalue weighted by Gasteiger charge is -2.20. The molecule has 6 nitrogen and oxygen atoms in total. The number of thiophene rings is 1. The minimum Gasteiger partial charge on any atom is -0.325 e. The molecule has 1 fully saturated rings. The Kier molecular flexibility index (Phi) is 4.82. The first-order valence-corrected chi connectivity index (χ1v) is 9.32. The second-order valence-electron chi connectivity index (χ2n) is 6.79. The quantitative estimate of drug-likeness (QED) is 0.792. The van der Waals surface area contributed by atoms with Crippen LogP contribution in [0, 0.1) is 0 Å². The Morgan fingerprint density at radius 3 is 2.73 bits per heavy atom. The van der Waals surface area contributed by atoms with Crippen LogP contribution in [-0.2, 0) is 15.1 Å². The van der Waals surface area contributed by atoms with Crippen molar-refractivity contribution >= 4 is 34.9 Å². The van der Waals surface area contributed by atoms with E-state index in [9.17, 15) is 14.4 Å². The zero-order valence-electron chi connectivity index (χ0n) is 14.9. The minimum absolute atomic E-state index is 0.323. The fourth-order valence-electron chi connectivity index (χ4n) is 2.90. The molecule has 7 heteroatoms. The summed E-state index contributed by atoms with van der Waals surface area (Å²) in [5.41, 5.74) is 1.33. The molecule has 0 spiro atoms. The normalized spacial score (nSPS) is 19.8. The molecule has 1 aromatic heterocycles. The molecule has 0 saturated carbocycles. The summed E-state index contributed by atoms with van der Waals surface area (Å²) >= 11 is 1.45. The lowest BCUT2D eigenvalue weighted by molar-refractivity contribution is -0.133. The van der Waals surface area contributed by atoms with Crippen molar-refractivity contribution in [1.82, 2.24) is 10.2 Å². The summed E-state index contributed by atoms with van der Waals surface area (Å²) in [5, 5.41) is 9.11. The highest BCUT2D eigenvalue weighted by Gasteiger charge is 2.49. The van der Waals surface area contributed by atoms with E-state index < -0.39 is 23.4 Å². The number of carbonyl (C=O) groups is 3. The van der Waals surface area contributed by atoms with Gasteiger partial charge in [0, 0.05) is 5.69 Å². The number of amides is 4. The molecular formula is C19H21N3O3S. The molecule has 136 valence electrons. The number of nitrogens with one attached hydrogen (secondary N) is 2. The van der Waals surface area contributed by atoms with Crippen molar-refractivity contribution in [3.63, 3.8) is 0 Å². The minimum atomic E-state index is -1.13. The Labute approximate surface area is 156 Å². The summed E-state index contributed by atoms with van der Waals surface area (Å²) in [7, 11) is 0. The fraction of sp³-hybridized carbons (Fsp3) is 0.316. The van der Waals surface area contributed by atoms with Crippen molar-refractivity contribution in [3.8, 4) is 0 Å². The van der Waals surface area contributed by atoms with Gasteiger partial charge in [0.1, 0.15) is 12.1 Å². The van der Waals surface area contributed by atoms with E-state index in [0.29, 0.717) is 17.2 Å². The van der Waals surface area contributed by atoms with Gasteiger partial charge in [-0.2, -0.15) is 11.3 Å². The summed E-state index contributed by atoms with van der Waals surface area (Å²) in [6, 6.07) is 8.77. The monoisotopic (exact) mass is 371 g/mol. The van der Waals surface area contributed by atoms with E-state index in [2.05, 4.69) is 24.5 Å². The summed E-state index contributed by atoms with van der Waals surface area (Å²) < 4.78 is 0. The number of benzene rings is 1. The molecule has 0 aliphatic carbocycles. The molecular weight excluding hydrogens is 350 g/mol. The first-order chi connectivity index (χ1) is 12.3. The Morgan fingerprint density at radius 2 is 2.08 bits per heavy atom. The highest BCUT2D eigenvalue weighted by atomic mass is 32.1. The standard InChI is InChI=1S/C19H21N3O3S/c1-12(2)13-5-4-6-15(9-13)20-16(23)10-22-17(24)19(3,21-18(22)25)14-7-8-26-11-14/h4-9,11-12H,10H2,1-3H3,(H,20,23)(H,21,25). The number of anilines is 1. The van der Waals surface area contributed by atoms with Crippen LogP contribution in [0.1, 0.15) is 37.8 Å². The van der Waals surface area contributed by atoms with Gasteiger partial charge in [-0.1, -0.05) is 26.0 Å². The van der Waals surface area contributed by atoms with Crippen LogP contribution in [0.3, 0.4) is 0 Å². The first kappa shape index (κ1) is 18.1. The third-order valence-electron chi connectivity index (χ3n) is 4.51. The molecule has 1 saturated heterocycles. The van der Waals surface area contributed by atoms with Crippen LogP contribution in [-0.4, -0.2) is 29.3 Å². The van der Waals surface area contributed by atoms with Crippen LogP contribution in [0.4, 0.5) is 10.5 Å². The number of rotatable bonds is 5. The lowest BCUT2D eigenvalue weighted by atomic mass is 9.95. The van der Waals surface area contributed by atoms with Crippen LogP contribution in [0.15, 0.2) is 41.1 Å². The molecule has 1 atom stereocenters. The molecule has 2 aromatic rings. The molecule has 2 N–H and O–H groups in total. The van der Waals surface area contributed by atoms with Gasteiger partial charge in [-0.3, -0.25) is 14.5 Å². The fourth-order valence-corrected chi connectivity index (χ4v) is 3.67. The van der Waals surface area contributed by atoms with Gasteiger partial charge in [0.2, 0.25) is 5.91 Å². The molecule has 2 heterocycles. The zero-order valence-corrected chi connectivity index (χ0v) is 15.7. The Balaban J connectivity index is 1.71. The molecule has 3 rings (SSSR count). The van der Waals surface area contributed by atoms with Crippen LogP contribution in [0.2, 0.25) is 0 Å². The van der Waals surface area contributed by atoms with Crippen LogP contribution in [0.5, 0.6) is 0 Å². The van der Waals surface area contributed by atoms with Crippen molar-refractivity contribution in [1.29, 1.82) is 0 Å². The summed E-state index contributed by atoms with van der Waals surface area (Å²) in [5.74, 6) is -0.500. The first-order valence-electron chi connectivity index (χ1n) is 8.38. The second kappa shape index (κ2) is 6.92. The zero-order chi connectivity index (χ0) is 18.9. The van der Waals surface area contributed by atoms with Gasteiger partial charge < -0.3 is 10.6 Å². The number of carbonyl (C=O) groups excluding carboxylic acids is 3. The predicted molar refractivity (Wildman–Crippen MR) is 101 cm³/mol. The van der Waals surface area contributed by atoms with Crippen molar-refractivity contribution < 1.29 is 14.4 Å². The van der Waals surface area contributed by atoms with E-state index in [0.717, 1.165) is 10.5 Å². The van der Waals surface area contributed by atoms with Crippen LogP contribution in [0.25, 0.3) is 0 Å². The van der Waals surface area contributed by atoms with E-state index >= 15 is 0 Å². The van der Waals surface area contributed by atoms with Gasteiger partial charge >= 0.3 is 6.03 Å². The lowest BCUT2D eigenvalue weighted by Crippen LogP contribution is -2.41.